The van der Waals surface area contributed by atoms with Crippen molar-refractivity contribution >= 4 is 39.1 Å². The third-order valence-electron chi connectivity index (χ3n) is 6.70. The van der Waals surface area contributed by atoms with Crippen molar-refractivity contribution in [2.24, 2.45) is 0 Å². The number of hydrogen-bond acceptors (Lipinski definition) is 4. The minimum atomic E-state index is -4.13. The van der Waals surface area contributed by atoms with Crippen LogP contribution in [-0.2, 0) is 26.2 Å². The summed E-state index contributed by atoms with van der Waals surface area (Å²) in [7, 11) is -4.13. The SMILES string of the molecule is CCC(C)NC(=O)C(C)N(Cc1ccc(C)cc1)C(=O)CN(c1ccc(C)c(Cl)c1)S(=O)(=O)c1ccccc1. The van der Waals surface area contributed by atoms with Gasteiger partial charge in [0.15, 0.2) is 0 Å². The molecule has 2 atom stereocenters. The molecule has 39 heavy (non-hydrogen) atoms. The molecule has 0 saturated carbocycles. The Bertz CT molecular complexity index is 1400. The minimum absolute atomic E-state index is 0.0437. The van der Waals surface area contributed by atoms with E-state index in [0.717, 1.165) is 27.4 Å². The summed E-state index contributed by atoms with van der Waals surface area (Å²) in [6.45, 7) is 8.92. The van der Waals surface area contributed by atoms with Gasteiger partial charge in [0.2, 0.25) is 11.8 Å². The van der Waals surface area contributed by atoms with Gasteiger partial charge in [-0.05, 0) is 69.5 Å². The number of sulfonamides is 1. The fourth-order valence-corrected chi connectivity index (χ4v) is 5.53. The molecule has 3 aromatic rings. The lowest BCUT2D eigenvalue weighted by Crippen LogP contribution is -2.52. The predicted molar refractivity (Wildman–Crippen MR) is 156 cm³/mol. The molecule has 9 heteroatoms. The van der Waals surface area contributed by atoms with E-state index < -0.39 is 28.5 Å². The van der Waals surface area contributed by atoms with Crippen molar-refractivity contribution in [1.82, 2.24) is 10.2 Å². The Balaban J connectivity index is 2.03. The number of benzene rings is 3. The molecule has 0 heterocycles. The summed E-state index contributed by atoms with van der Waals surface area (Å²) in [6, 6.07) is 19.6. The standard InChI is InChI=1S/C30H36ClN3O4S/c1-6-23(4)32-30(36)24(5)33(19-25-15-12-21(2)13-16-25)29(35)20-34(26-17-14-22(3)28(31)18-26)39(37,38)27-10-8-7-9-11-27/h7-18,23-24H,6,19-20H2,1-5H3,(H,32,36). The van der Waals surface area contributed by atoms with Crippen LogP contribution >= 0.6 is 11.6 Å². The van der Waals surface area contributed by atoms with E-state index in [0.29, 0.717) is 5.02 Å². The molecule has 0 spiro atoms. The maximum absolute atomic E-state index is 13.9. The van der Waals surface area contributed by atoms with E-state index in [-0.39, 0.29) is 29.1 Å². The van der Waals surface area contributed by atoms with Crippen molar-refractivity contribution < 1.29 is 18.0 Å². The predicted octanol–water partition coefficient (Wildman–Crippen LogP) is 5.48. The second-order valence-electron chi connectivity index (χ2n) is 9.76. The molecule has 2 amide bonds. The number of anilines is 1. The van der Waals surface area contributed by atoms with Crippen LogP contribution in [0.4, 0.5) is 5.69 Å². The van der Waals surface area contributed by atoms with Gasteiger partial charge in [-0.2, -0.15) is 0 Å². The largest absolute Gasteiger partial charge is 0.352 e. The third kappa shape index (κ3) is 7.61. The van der Waals surface area contributed by atoms with Gasteiger partial charge in [0.25, 0.3) is 10.0 Å². The van der Waals surface area contributed by atoms with E-state index in [1.165, 1.54) is 23.1 Å². The van der Waals surface area contributed by atoms with Crippen molar-refractivity contribution in [2.75, 3.05) is 10.8 Å². The summed E-state index contributed by atoms with van der Waals surface area (Å²) >= 11 is 6.36. The van der Waals surface area contributed by atoms with E-state index in [4.69, 9.17) is 11.6 Å². The number of carbonyl (C=O) groups excluding carboxylic acids is 2. The molecule has 7 nitrogen and oxygen atoms in total. The lowest BCUT2D eigenvalue weighted by Gasteiger charge is -2.32. The monoisotopic (exact) mass is 569 g/mol. The highest BCUT2D eigenvalue weighted by atomic mass is 35.5. The Morgan fingerprint density at radius 3 is 2.18 bits per heavy atom. The summed E-state index contributed by atoms with van der Waals surface area (Å²) < 4.78 is 28.7. The highest BCUT2D eigenvalue weighted by molar-refractivity contribution is 7.92. The first-order valence-electron chi connectivity index (χ1n) is 12.9. The zero-order chi connectivity index (χ0) is 28.7. The number of amides is 2. The molecule has 0 fully saturated rings. The van der Waals surface area contributed by atoms with Crippen LogP contribution in [0.2, 0.25) is 5.02 Å². The van der Waals surface area contributed by atoms with Gasteiger partial charge in [0, 0.05) is 17.6 Å². The van der Waals surface area contributed by atoms with Crippen molar-refractivity contribution in [1.29, 1.82) is 0 Å². The quantitative estimate of drug-likeness (QED) is 0.331. The van der Waals surface area contributed by atoms with Gasteiger partial charge in [-0.25, -0.2) is 8.42 Å². The van der Waals surface area contributed by atoms with Crippen LogP contribution in [0.3, 0.4) is 0 Å². The van der Waals surface area contributed by atoms with Gasteiger partial charge in [0.05, 0.1) is 10.6 Å². The first kappa shape index (κ1) is 30.2. The lowest BCUT2D eigenvalue weighted by atomic mass is 10.1. The molecule has 0 aliphatic heterocycles. The normalized spacial score (nSPS) is 12.9. The van der Waals surface area contributed by atoms with Gasteiger partial charge >= 0.3 is 0 Å². The molecule has 208 valence electrons. The summed E-state index contributed by atoms with van der Waals surface area (Å²) in [5.74, 6) is -0.820. The third-order valence-corrected chi connectivity index (χ3v) is 8.89. The Kier molecular flexibility index (Phi) is 10.2. The maximum atomic E-state index is 13.9. The van der Waals surface area contributed by atoms with Crippen LogP contribution in [0.5, 0.6) is 0 Å². The summed E-state index contributed by atoms with van der Waals surface area (Å²) in [5, 5.41) is 3.31. The van der Waals surface area contributed by atoms with Crippen LogP contribution in [0.15, 0.2) is 77.7 Å². The maximum Gasteiger partial charge on any atom is 0.264 e. The molecule has 0 aliphatic carbocycles. The van der Waals surface area contributed by atoms with E-state index in [1.807, 2.05) is 52.0 Å². The minimum Gasteiger partial charge on any atom is -0.352 e. The molecule has 3 aromatic carbocycles. The molecule has 3 rings (SSSR count). The number of rotatable bonds is 11. The molecular weight excluding hydrogens is 534 g/mol. The smallest absolute Gasteiger partial charge is 0.264 e. The van der Waals surface area contributed by atoms with Gasteiger partial charge in [-0.3, -0.25) is 13.9 Å². The van der Waals surface area contributed by atoms with Crippen molar-refractivity contribution in [3.05, 3.63) is 94.5 Å². The molecule has 1 N–H and O–H groups in total. The topological polar surface area (TPSA) is 86.8 Å². The average molecular weight is 570 g/mol. The van der Waals surface area contributed by atoms with Gasteiger partial charge in [0.1, 0.15) is 12.6 Å². The van der Waals surface area contributed by atoms with Crippen LogP contribution in [0.25, 0.3) is 0 Å². The molecule has 0 aliphatic rings. The van der Waals surface area contributed by atoms with Crippen molar-refractivity contribution in [2.45, 2.75) is 64.6 Å². The van der Waals surface area contributed by atoms with E-state index in [2.05, 4.69) is 5.32 Å². The van der Waals surface area contributed by atoms with E-state index in [9.17, 15) is 18.0 Å². The number of carbonyl (C=O) groups is 2. The van der Waals surface area contributed by atoms with Gasteiger partial charge in [-0.15, -0.1) is 0 Å². The van der Waals surface area contributed by atoms with Gasteiger partial charge in [-0.1, -0.05) is 72.6 Å². The molecule has 2 unspecified atom stereocenters. The Labute approximate surface area is 236 Å². The second kappa shape index (κ2) is 13.1. The summed E-state index contributed by atoms with van der Waals surface area (Å²) in [6.07, 6.45) is 0.738. The first-order chi connectivity index (χ1) is 18.4. The number of aryl methyl sites for hydroxylation is 2. The Morgan fingerprint density at radius 1 is 0.949 bits per heavy atom. The van der Waals surface area contributed by atoms with E-state index >= 15 is 0 Å². The Morgan fingerprint density at radius 2 is 1.59 bits per heavy atom. The highest BCUT2D eigenvalue weighted by Gasteiger charge is 2.33. The molecule has 0 radical (unpaired) electrons. The van der Waals surface area contributed by atoms with Crippen LogP contribution < -0.4 is 9.62 Å². The van der Waals surface area contributed by atoms with Gasteiger partial charge < -0.3 is 10.2 Å². The number of halogens is 1. The summed E-state index contributed by atoms with van der Waals surface area (Å²) in [5.41, 5.74) is 2.93. The highest BCUT2D eigenvalue weighted by Crippen LogP contribution is 2.28. The number of hydrogen-bond donors (Lipinski definition) is 1. The van der Waals surface area contributed by atoms with Crippen LogP contribution in [-0.4, -0.2) is 43.8 Å². The zero-order valence-corrected chi connectivity index (χ0v) is 24.6. The van der Waals surface area contributed by atoms with Crippen LogP contribution in [0, 0.1) is 13.8 Å². The lowest BCUT2D eigenvalue weighted by molar-refractivity contribution is -0.139. The van der Waals surface area contributed by atoms with Crippen molar-refractivity contribution in [3.8, 4) is 0 Å². The summed E-state index contributed by atoms with van der Waals surface area (Å²) in [4.78, 5) is 28.5. The number of nitrogens with zero attached hydrogens (tertiary/aromatic N) is 2. The molecule has 0 aromatic heterocycles. The molecule has 0 bridgehead atoms. The van der Waals surface area contributed by atoms with Crippen LogP contribution in [0.1, 0.15) is 43.9 Å². The second-order valence-corrected chi connectivity index (χ2v) is 12.0. The fraction of sp³-hybridized carbons (Fsp3) is 0.333. The zero-order valence-electron chi connectivity index (χ0n) is 23.0. The van der Waals surface area contributed by atoms with E-state index in [1.54, 1.807) is 37.3 Å². The number of nitrogens with one attached hydrogen (secondary N) is 1. The Hall–Kier alpha value is -3.36. The molecule has 0 saturated heterocycles. The first-order valence-corrected chi connectivity index (χ1v) is 14.7. The fourth-order valence-electron chi connectivity index (χ4n) is 3.92. The van der Waals surface area contributed by atoms with Crippen molar-refractivity contribution in [3.63, 3.8) is 0 Å². The average Bonchev–Trinajstić information content (AvgIpc) is 2.92. The molecular formula is C30H36ClN3O4S.